The van der Waals surface area contributed by atoms with Gasteiger partial charge in [0.2, 0.25) is 0 Å². The number of rotatable bonds is 59. The fourth-order valence-electron chi connectivity index (χ4n) is 9.34. The molecular formula is C68H122O6. The highest BCUT2D eigenvalue weighted by molar-refractivity contribution is 5.71. The molecule has 0 aliphatic carbocycles. The highest BCUT2D eigenvalue weighted by atomic mass is 16.6. The summed E-state index contributed by atoms with van der Waals surface area (Å²) < 4.78 is 16.8. The summed E-state index contributed by atoms with van der Waals surface area (Å²) in [7, 11) is 0. The Bertz CT molecular complexity index is 1330. The van der Waals surface area contributed by atoms with Crippen LogP contribution in [0.3, 0.4) is 0 Å². The second kappa shape index (κ2) is 62.6. The molecule has 0 N–H and O–H groups in total. The van der Waals surface area contributed by atoms with Gasteiger partial charge in [-0.25, -0.2) is 0 Å². The Hall–Kier alpha value is -2.89. The quantitative estimate of drug-likeness (QED) is 0.0261. The van der Waals surface area contributed by atoms with Crippen LogP contribution in [0.5, 0.6) is 0 Å². The molecule has 0 saturated carbocycles. The zero-order valence-electron chi connectivity index (χ0n) is 49.4. The summed E-state index contributed by atoms with van der Waals surface area (Å²) in [6, 6.07) is 0. The van der Waals surface area contributed by atoms with Crippen molar-refractivity contribution in [2.45, 2.75) is 341 Å². The van der Waals surface area contributed by atoms with E-state index in [-0.39, 0.29) is 31.1 Å². The van der Waals surface area contributed by atoms with Crippen LogP contribution in [0.25, 0.3) is 0 Å². The summed E-state index contributed by atoms with van der Waals surface area (Å²) >= 11 is 0. The topological polar surface area (TPSA) is 78.9 Å². The van der Waals surface area contributed by atoms with Crippen LogP contribution in [0.2, 0.25) is 0 Å². The van der Waals surface area contributed by atoms with Crippen molar-refractivity contribution in [3.8, 4) is 0 Å². The molecule has 0 aromatic rings. The first-order chi connectivity index (χ1) is 36.5. The molecule has 430 valence electrons. The van der Waals surface area contributed by atoms with E-state index in [1.807, 2.05) is 0 Å². The molecule has 1 unspecified atom stereocenters. The number of hydrogen-bond donors (Lipinski definition) is 0. The molecule has 0 amide bonds. The van der Waals surface area contributed by atoms with Gasteiger partial charge in [-0.1, -0.05) is 281 Å². The van der Waals surface area contributed by atoms with Crippen molar-refractivity contribution in [2.75, 3.05) is 13.2 Å². The lowest BCUT2D eigenvalue weighted by Gasteiger charge is -2.18. The first kappa shape index (κ1) is 71.1. The van der Waals surface area contributed by atoms with E-state index in [4.69, 9.17) is 14.2 Å². The molecule has 0 aliphatic rings. The lowest BCUT2D eigenvalue weighted by Crippen LogP contribution is -2.30. The summed E-state index contributed by atoms with van der Waals surface area (Å²) in [6.07, 6.45) is 79.8. The standard InChI is InChI=1S/C68H122O6/c1-4-7-10-13-16-19-22-24-25-26-27-28-29-30-31-32-33-34-35-36-37-38-39-40-41-42-43-45-46-49-52-55-58-61-67(70)73-64-65(63-72-66(69)60-57-54-51-48-21-18-15-12-9-6-3)74-68(71)62-59-56-53-50-47-44-23-20-17-14-11-8-5-2/h11-12,14-15,20,22-24,26-27,65H,4-10,13,16-19,21,25,28-64H2,1-3H3/b14-11-,15-12-,23-20-,24-22-,27-26-. The Kier molecular flexibility index (Phi) is 60.2. The van der Waals surface area contributed by atoms with Gasteiger partial charge in [-0.2, -0.15) is 0 Å². The average Bonchev–Trinajstić information content (AvgIpc) is 3.40. The van der Waals surface area contributed by atoms with E-state index in [0.29, 0.717) is 19.3 Å². The first-order valence-electron chi connectivity index (χ1n) is 32.3. The minimum Gasteiger partial charge on any atom is -0.462 e. The molecule has 0 aromatic carbocycles. The number of hydrogen-bond acceptors (Lipinski definition) is 6. The van der Waals surface area contributed by atoms with Gasteiger partial charge < -0.3 is 14.2 Å². The number of ether oxygens (including phenoxy) is 3. The van der Waals surface area contributed by atoms with Crippen LogP contribution in [0.15, 0.2) is 60.8 Å². The van der Waals surface area contributed by atoms with Gasteiger partial charge in [0.05, 0.1) is 0 Å². The Morgan fingerprint density at radius 2 is 0.514 bits per heavy atom. The second-order valence-corrected chi connectivity index (χ2v) is 21.7. The second-order valence-electron chi connectivity index (χ2n) is 21.7. The molecule has 0 heterocycles. The summed E-state index contributed by atoms with van der Waals surface area (Å²) in [5, 5.41) is 0. The van der Waals surface area contributed by atoms with Crippen LogP contribution < -0.4 is 0 Å². The van der Waals surface area contributed by atoms with Gasteiger partial charge in [-0.15, -0.1) is 0 Å². The molecular weight excluding hydrogens is 913 g/mol. The lowest BCUT2D eigenvalue weighted by atomic mass is 10.0. The largest absolute Gasteiger partial charge is 0.462 e. The van der Waals surface area contributed by atoms with Crippen molar-refractivity contribution in [3.63, 3.8) is 0 Å². The number of esters is 3. The van der Waals surface area contributed by atoms with Crippen LogP contribution in [-0.2, 0) is 28.6 Å². The van der Waals surface area contributed by atoms with Crippen molar-refractivity contribution >= 4 is 17.9 Å². The number of allylic oxidation sites excluding steroid dienone is 10. The van der Waals surface area contributed by atoms with Crippen LogP contribution in [-0.4, -0.2) is 37.2 Å². The maximum absolute atomic E-state index is 12.8. The summed E-state index contributed by atoms with van der Waals surface area (Å²) in [6.45, 7) is 6.51. The lowest BCUT2D eigenvalue weighted by molar-refractivity contribution is -0.167. The SMILES string of the molecule is CCC/C=C\C/C=C\CCCCCCCC(=O)OC(COC(=O)CCCCCCC/C=C\CCC)COC(=O)CCCCCCCCCCCCCCCCCCCCCCC/C=C\C/C=C\CCCCCCC. The first-order valence-corrected chi connectivity index (χ1v) is 32.3. The minimum absolute atomic E-state index is 0.0797. The maximum atomic E-state index is 12.8. The Balaban J connectivity index is 4.02. The van der Waals surface area contributed by atoms with Crippen LogP contribution in [0.4, 0.5) is 0 Å². The van der Waals surface area contributed by atoms with Crippen molar-refractivity contribution in [1.82, 2.24) is 0 Å². The van der Waals surface area contributed by atoms with Gasteiger partial charge in [0, 0.05) is 19.3 Å². The number of carbonyl (C=O) groups excluding carboxylic acids is 3. The molecule has 0 rings (SSSR count). The van der Waals surface area contributed by atoms with Gasteiger partial charge in [0.25, 0.3) is 0 Å². The molecule has 0 bridgehead atoms. The zero-order valence-corrected chi connectivity index (χ0v) is 49.4. The Morgan fingerprint density at radius 1 is 0.270 bits per heavy atom. The van der Waals surface area contributed by atoms with Gasteiger partial charge in [0.15, 0.2) is 6.10 Å². The average molecular weight is 1040 g/mol. The summed E-state index contributed by atoms with van der Waals surface area (Å²) in [5.74, 6) is -0.893. The predicted molar refractivity (Wildman–Crippen MR) is 321 cm³/mol. The number of carbonyl (C=O) groups is 3. The van der Waals surface area contributed by atoms with Crippen molar-refractivity contribution in [1.29, 1.82) is 0 Å². The zero-order chi connectivity index (χ0) is 53.6. The highest BCUT2D eigenvalue weighted by Crippen LogP contribution is 2.17. The molecule has 0 fully saturated rings. The predicted octanol–water partition coefficient (Wildman–Crippen LogP) is 21.9. The van der Waals surface area contributed by atoms with E-state index in [0.717, 1.165) is 109 Å². The van der Waals surface area contributed by atoms with Crippen molar-refractivity contribution in [2.24, 2.45) is 0 Å². The van der Waals surface area contributed by atoms with E-state index in [1.54, 1.807) is 0 Å². The third-order valence-electron chi connectivity index (χ3n) is 14.2. The molecule has 74 heavy (non-hydrogen) atoms. The van der Waals surface area contributed by atoms with Crippen LogP contribution in [0, 0.1) is 0 Å². The van der Waals surface area contributed by atoms with Gasteiger partial charge in [-0.3, -0.25) is 14.4 Å². The fourth-order valence-corrected chi connectivity index (χ4v) is 9.34. The third-order valence-corrected chi connectivity index (χ3v) is 14.2. The summed E-state index contributed by atoms with van der Waals surface area (Å²) in [4.78, 5) is 38.1. The molecule has 6 heteroatoms. The normalized spacial score (nSPS) is 12.4. The van der Waals surface area contributed by atoms with Crippen molar-refractivity contribution in [3.05, 3.63) is 60.8 Å². The molecule has 0 aromatic heterocycles. The van der Waals surface area contributed by atoms with Crippen LogP contribution in [0.1, 0.15) is 335 Å². The molecule has 0 spiro atoms. The Morgan fingerprint density at radius 3 is 0.824 bits per heavy atom. The Labute approximate surface area is 460 Å². The van der Waals surface area contributed by atoms with Gasteiger partial charge >= 0.3 is 17.9 Å². The maximum Gasteiger partial charge on any atom is 0.306 e. The molecule has 6 nitrogen and oxygen atoms in total. The van der Waals surface area contributed by atoms with E-state index in [2.05, 4.69) is 81.5 Å². The van der Waals surface area contributed by atoms with E-state index < -0.39 is 6.10 Å². The molecule has 1 atom stereocenters. The van der Waals surface area contributed by atoms with Gasteiger partial charge in [0.1, 0.15) is 13.2 Å². The monoisotopic (exact) mass is 1030 g/mol. The smallest absolute Gasteiger partial charge is 0.306 e. The van der Waals surface area contributed by atoms with Gasteiger partial charge in [-0.05, 0) is 96.3 Å². The van der Waals surface area contributed by atoms with E-state index in [9.17, 15) is 14.4 Å². The molecule has 0 radical (unpaired) electrons. The van der Waals surface area contributed by atoms with E-state index >= 15 is 0 Å². The van der Waals surface area contributed by atoms with E-state index in [1.165, 1.54) is 186 Å². The third kappa shape index (κ3) is 60.0. The fraction of sp³-hybridized carbons (Fsp3) is 0.809. The van der Waals surface area contributed by atoms with Crippen molar-refractivity contribution < 1.29 is 28.6 Å². The number of unbranched alkanes of at least 4 members (excludes halogenated alkanes) is 38. The summed E-state index contributed by atoms with van der Waals surface area (Å²) in [5.41, 5.74) is 0. The molecule has 0 saturated heterocycles. The molecule has 0 aliphatic heterocycles. The van der Waals surface area contributed by atoms with Crippen LogP contribution >= 0.6 is 0 Å². The highest BCUT2D eigenvalue weighted by Gasteiger charge is 2.19. The minimum atomic E-state index is -0.782.